The van der Waals surface area contributed by atoms with Crippen molar-refractivity contribution in [1.82, 2.24) is 15.8 Å². The van der Waals surface area contributed by atoms with E-state index in [2.05, 4.69) is 10.9 Å². The van der Waals surface area contributed by atoms with Gasteiger partial charge < -0.3 is 9.64 Å². The zero-order chi connectivity index (χ0) is 14.2. The Kier molecular flexibility index (Phi) is 5.83. The second-order valence-electron chi connectivity index (χ2n) is 5.10. The predicted molar refractivity (Wildman–Crippen MR) is 78.4 cm³/mol. The Hall–Kier alpha value is -1.59. The summed E-state index contributed by atoms with van der Waals surface area (Å²) in [5.41, 5.74) is 6.24. The van der Waals surface area contributed by atoms with Crippen molar-refractivity contribution in [2.45, 2.75) is 25.3 Å². The van der Waals surface area contributed by atoms with Gasteiger partial charge in [0, 0.05) is 32.6 Å². The minimum atomic E-state index is 0.176. The van der Waals surface area contributed by atoms with E-state index in [0.29, 0.717) is 19.1 Å². The van der Waals surface area contributed by atoms with E-state index in [1.807, 2.05) is 37.4 Å². The smallest absolute Gasteiger partial charge is 0.222 e. The van der Waals surface area contributed by atoms with E-state index in [0.717, 1.165) is 31.7 Å². The topological polar surface area (TPSA) is 53.6 Å². The molecule has 1 aliphatic rings. The molecule has 20 heavy (non-hydrogen) atoms. The lowest BCUT2D eigenvalue weighted by molar-refractivity contribution is -0.130. The summed E-state index contributed by atoms with van der Waals surface area (Å²) in [6, 6.07) is 10.1. The Balaban J connectivity index is 1.59. The van der Waals surface area contributed by atoms with Crippen LogP contribution in [-0.4, -0.2) is 43.6 Å². The van der Waals surface area contributed by atoms with Crippen molar-refractivity contribution in [2.24, 2.45) is 0 Å². The van der Waals surface area contributed by atoms with Crippen LogP contribution in [0.25, 0.3) is 0 Å². The van der Waals surface area contributed by atoms with Gasteiger partial charge in [-0.1, -0.05) is 18.2 Å². The van der Waals surface area contributed by atoms with Gasteiger partial charge in [-0.15, -0.1) is 0 Å². The van der Waals surface area contributed by atoms with Crippen molar-refractivity contribution in [3.05, 3.63) is 30.3 Å². The van der Waals surface area contributed by atoms with E-state index >= 15 is 0 Å². The number of likely N-dealkylation sites (N-methyl/N-ethyl adjacent to an activating group) is 1. The number of nitrogens with zero attached hydrogens (tertiary/aromatic N) is 1. The zero-order valence-electron chi connectivity index (χ0n) is 12.0. The molecule has 5 nitrogen and oxygen atoms in total. The minimum Gasteiger partial charge on any atom is -0.494 e. The molecule has 1 atom stereocenters. The van der Waals surface area contributed by atoms with Crippen LogP contribution in [0.3, 0.4) is 0 Å². The standard InChI is InChI=1S/C15H23N3O2/c1-18(12-13-9-10-16-17-13)15(19)8-5-11-20-14-6-3-2-4-7-14/h2-4,6-7,13,16-17H,5,8-12H2,1H3. The molecule has 0 aliphatic carbocycles. The number of nitrogens with one attached hydrogen (secondary N) is 2. The SMILES string of the molecule is CN(CC1CCNN1)C(=O)CCCOc1ccccc1. The summed E-state index contributed by atoms with van der Waals surface area (Å²) in [5, 5.41) is 0. The molecule has 1 amide bonds. The van der Waals surface area contributed by atoms with E-state index in [-0.39, 0.29) is 5.91 Å². The van der Waals surface area contributed by atoms with Gasteiger partial charge in [-0.05, 0) is 25.0 Å². The molecule has 1 saturated heterocycles. The van der Waals surface area contributed by atoms with Crippen LogP contribution in [0.5, 0.6) is 5.75 Å². The normalized spacial score (nSPS) is 17.9. The minimum absolute atomic E-state index is 0.176. The van der Waals surface area contributed by atoms with Crippen molar-refractivity contribution in [3.8, 4) is 5.75 Å². The lowest BCUT2D eigenvalue weighted by atomic mass is 10.2. The zero-order valence-corrected chi connectivity index (χ0v) is 12.0. The first kappa shape index (κ1) is 14.8. The van der Waals surface area contributed by atoms with Gasteiger partial charge in [0.25, 0.3) is 0 Å². The van der Waals surface area contributed by atoms with E-state index in [1.165, 1.54) is 0 Å². The third-order valence-electron chi connectivity index (χ3n) is 3.39. The fourth-order valence-corrected chi connectivity index (χ4v) is 2.23. The number of ether oxygens (including phenoxy) is 1. The first-order valence-electron chi connectivity index (χ1n) is 7.16. The Bertz CT molecular complexity index is 405. The highest BCUT2D eigenvalue weighted by Gasteiger charge is 2.18. The quantitative estimate of drug-likeness (QED) is 0.735. The predicted octanol–water partition coefficient (Wildman–Crippen LogP) is 1.17. The molecule has 1 aromatic rings. The summed E-state index contributed by atoms with van der Waals surface area (Å²) < 4.78 is 5.58. The summed E-state index contributed by atoms with van der Waals surface area (Å²) in [6.45, 7) is 2.30. The van der Waals surface area contributed by atoms with Gasteiger partial charge in [0.2, 0.25) is 5.91 Å². The molecular weight excluding hydrogens is 254 g/mol. The van der Waals surface area contributed by atoms with Crippen molar-refractivity contribution >= 4 is 5.91 Å². The number of hydrogen-bond acceptors (Lipinski definition) is 4. The van der Waals surface area contributed by atoms with Crippen LogP contribution in [0.15, 0.2) is 30.3 Å². The lowest BCUT2D eigenvalue weighted by Crippen LogP contribution is -2.41. The van der Waals surface area contributed by atoms with Crippen molar-refractivity contribution in [3.63, 3.8) is 0 Å². The average Bonchev–Trinajstić information content (AvgIpc) is 2.97. The summed E-state index contributed by atoms with van der Waals surface area (Å²) in [4.78, 5) is 13.8. The van der Waals surface area contributed by atoms with Gasteiger partial charge >= 0.3 is 0 Å². The number of rotatable bonds is 7. The van der Waals surface area contributed by atoms with E-state index in [9.17, 15) is 4.79 Å². The Morgan fingerprint density at radius 2 is 2.20 bits per heavy atom. The van der Waals surface area contributed by atoms with Gasteiger partial charge in [0.1, 0.15) is 5.75 Å². The molecule has 0 bridgehead atoms. The summed E-state index contributed by atoms with van der Waals surface area (Å²) in [7, 11) is 1.86. The van der Waals surface area contributed by atoms with E-state index < -0.39 is 0 Å². The molecular formula is C15H23N3O2. The Morgan fingerprint density at radius 1 is 1.40 bits per heavy atom. The largest absolute Gasteiger partial charge is 0.494 e. The number of amides is 1. The van der Waals surface area contributed by atoms with Gasteiger partial charge in [0.15, 0.2) is 0 Å². The Labute approximate surface area is 120 Å². The van der Waals surface area contributed by atoms with Crippen LogP contribution < -0.4 is 15.6 Å². The molecule has 1 unspecified atom stereocenters. The maximum atomic E-state index is 12.0. The number of para-hydroxylation sites is 1. The number of benzene rings is 1. The second kappa shape index (κ2) is 7.87. The molecule has 1 aromatic carbocycles. The molecule has 0 saturated carbocycles. The lowest BCUT2D eigenvalue weighted by Gasteiger charge is -2.21. The number of hydrogen-bond donors (Lipinski definition) is 2. The molecule has 0 spiro atoms. The highest BCUT2D eigenvalue weighted by atomic mass is 16.5. The number of hydrazine groups is 1. The second-order valence-corrected chi connectivity index (χ2v) is 5.10. The first-order chi connectivity index (χ1) is 9.75. The average molecular weight is 277 g/mol. The summed E-state index contributed by atoms with van der Waals surface area (Å²) in [5.74, 6) is 1.03. The molecule has 5 heteroatoms. The molecule has 2 rings (SSSR count). The van der Waals surface area contributed by atoms with Crippen LogP contribution in [0.1, 0.15) is 19.3 Å². The fraction of sp³-hybridized carbons (Fsp3) is 0.533. The van der Waals surface area contributed by atoms with Crippen molar-refractivity contribution in [2.75, 3.05) is 26.7 Å². The van der Waals surface area contributed by atoms with E-state index in [4.69, 9.17) is 4.74 Å². The molecule has 0 aromatic heterocycles. The molecule has 1 aliphatic heterocycles. The third kappa shape index (κ3) is 4.83. The van der Waals surface area contributed by atoms with E-state index in [1.54, 1.807) is 4.90 Å². The van der Waals surface area contributed by atoms with Crippen LogP contribution in [-0.2, 0) is 4.79 Å². The van der Waals surface area contributed by atoms with Crippen LogP contribution >= 0.6 is 0 Å². The molecule has 2 N–H and O–H groups in total. The van der Waals surface area contributed by atoms with Gasteiger partial charge in [0.05, 0.1) is 6.61 Å². The highest BCUT2D eigenvalue weighted by Crippen LogP contribution is 2.09. The molecule has 1 fully saturated rings. The van der Waals surface area contributed by atoms with Gasteiger partial charge in [-0.25, -0.2) is 0 Å². The molecule has 0 radical (unpaired) electrons. The summed E-state index contributed by atoms with van der Waals surface area (Å²) >= 11 is 0. The fourth-order valence-electron chi connectivity index (χ4n) is 2.23. The Morgan fingerprint density at radius 3 is 2.90 bits per heavy atom. The maximum Gasteiger partial charge on any atom is 0.222 e. The highest BCUT2D eigenvalue weighted by molar-refractivity contribution is 5.75. The van der Waals surface area contributed by atoms with Crippen molar-refractivity contribution in [1.29, 1.82) is 0 Å². The van der Waals surface area contributed by atoms with Crippen LogP contribution in [0.2, 0.25) is 0 Å². The van der Waals surface area contributed by atoms with Crippen molar-refractivity contribution < 1.29 is 9.53 Å². The number of carbonyl (C=O) groups is 1. The van der Waals surface area contributed by atoms with Crippen LogP contribution in [0, 0.1) is 0 Å². The maximum absolute atomic E-state index is 12.0. The molecule has 1 heterocycles. The van der Waals surface area contributed by atoms with Gasteiger partial charge in [-0.3, -0.25) is 15.6 Å². The molecule has 110 valence electrons. The van der Waals surface area contributed by atoms with Gasteiger partial charge in [-0.2, -0.15) is 0 Å². The monoisotopic (exact) mass is 277 g/mol. The number of carbonyl (C=O) groups excluding carboxylic acids is 1. The summed E-state index contributed by atoms with van der Waals surface area (Å²) in [6.07, 6.45) is 2.34. The third-order valence-corrected chi connectivity index (χ3v) is 3.39. The first-order valence-corrected chi connectivity index (χ1v) is 7.16. The van der Waals surface area contributed by atoms with Crippen LogP contribution in [0.4, 0.5) is 0 Å².